The first-order valence-electron chi connectivity index (χ1n) is 6.54. The number of rotatable bonds is 4. The third kappa shape index (κ3) is 3.59. The van der Waals surface area contributed by atoms with Crippen molar-refractivity contribution in [2.45, 2.75) is 24.0 Å². The van der Waals surface area contributed by atoms with Crippen LogP contribution in [0.4, 0.5) is 16.4 Å². The molecule has 8 heteroatoms. The fourth-order valence-electron chi connectivity index (χ4n) is 1.76. The lowest BCUT2D eigenvalue weighted by Crippen LogP contribution is -2.22. The van der Waals surface area contributed by atoms with Gasteiger partial charge in [0.25, 0.3) is 0 Å². The molecule has 0 aliphatic carbocycles. The number of nitrogens with zero attached hydrogens (tertiary/aromatic N) is 3. The number of nitroso groups, excluding NO2 is 1. The number of nitrogens with two attached hydrogens (primary N) is 2. The number of carbonyl (C=O) groups excluding carboxylic acids is 1. The first-order valence-corrected chi connectivity index (χ1v) is 7.42. The monoisotopic (exact) mass is 318 g/mol. The molecule has 0 aliphatic heterocycles. The van der Waals surface area contributed by atoms with Gasteiger partial charge in [-0.1, -0.05) is 35.9 Å². The molecular weight excluding hydrogens is 302 g/mol. The van der Waals surface area contributed by atoms with E-state index in [0.29, 0.717) is 10.9 Å². The molecule has 1 heterocycles. The average Bonchev–Trinajstić information content (AvgIpc) is 2.47. The summed E-state index contributed by atoms with van der Waals surface area (Å²) in [5.74, 6) is -0.449. The Morgan fingerprint density at radius 1 is 1.27 bits per heavy atom. The molecule has 22 heavy (non-hydrogen) atoms. The molecule has 1 aromatic carbocycles. The highest BCUT2D eigenvalue weighted by atomic mass is 32.2. The summed E-state index contributed by atoms with van der Waals surface area (Å²) in [6.45, 7) is 4.23. The number of primary amides is 1. The van der Waals surface area contributed by atoms with Gasteiger partial charge in [0.05, 0.1) is 6.20 Å². The largest absolute Gasteiger partial charge is 0.475 e. The maximum atomic E-state index is 11.6. The summed E-state index contributed by atoms with van der Waals surface area (Å²) < 4.78 is -0.0746. The molecule has 0 saturated heterocycles. The Labute approximate surface area is 131 Å². The topological polar surface area (TPSA) is 115 Å². The van der Waals surface area contributed by atoms with Gasteiger partial charge in [-0.3, -0.25) is 5.73 Å². The zero-order chi connectivity index (χ0) is 16.3. The summed E-state index contributed by atoms with van der Waals surface area (Å²) in [5, 5.41) is 0.485. The lowest BCUT2D eigenvalue weighted by atomic mass is 10.2. The molecular formula is C14H16N5O2S+. The van der Waals surface area contributed by atoms with Crippen molar-refractivity contribution in [3.05, 3.63) is 35.4 Å². The maximum Gasteiger partial charge on any atom is 0.475 e. The summed E-state index contributed by atoms with van der Waals surface area (Å²) in [6, 6.07) is 6.46. The van der Waals surface area contributed by atoms with Gasteiger partial charge in [-0.25, -0.2) is 9.78 Å². The first kappa shape index (κ1) is 15.9. The fraction of sp³-hybridized carbons (Fsp3) is 0.214. The van der Waals surface area contributed by atoms with E-state index in [1.165, 1.54) is 6.20 Å². The average molecular weight is 318 g/mol. The summed E-state index contributed by atoms with van der Waals surface area (Å²) in [6.07, 6.45) is 1.44. The van der Waals surface area contributed by atoms with Crippen LogP contribution in [0.15, 0.2) is 35.4 Å². The predicted molar refractivity (Wildman–Crippen MR) is 85.7 cm³/mol. The van der Waals surface area contributed by atoms with Crippen LogP contribution in [0.2, 0.25) is 0 Å². The standard InChI is InChI=1S/C14H15N5O2S/c1-8(2)22-10-5-3-9(4-6-10)11-7-17-12(15)13(18-11)19(21)14(16)20/h3-8H,1-2H3,(H3-,15,16,17,20,21)/p+1. The summed E-state index contributed by atoms with van der Waals surface area (Å²) in [7, 11) is 0. The molecule has 7 nitrogen and oxygen atoms in total. The minimum Gasteiger partial charge on any atom is -0.378 e. The highest BCUT2D eigenvalue weighted by molar-refractivity contribution is 7.99. The molecule has 4 N–H and O–H groups in total. The number of benzene rings is 1. The Morgan fingerprint density at radius 2 is 1.91 bits per heavy atom. The van der Waals surface area contributed by atoms with E-state index in [2.05, 4.69) is 23.8 Å². The van der Waals surface area contributed by atoms with Gasteiger partial charge < -0.3 is 5.73 Å². The van der Waals surface area contributed by atoms with Crippen molar-refractivity contribution in [3.8, 4) is 11.3 Å². The highest BCUT2D eigenvalue weighted by Crippen LogP contribution is 2.27. The van der Waals surface area contributed by atoms with Crippen LogP contribution in [0, 0.1) is 4.91 Å². The second-order valence-corrected chi connectivity index (χ2v) is 6.44. The van der Waals surface area contributed by atoms with Crippen LogP contribution in [0.5, 0.6) is 0 Å². The summed E-state index contributed by atoms with van der Waals surface area (Å²) in [5.41, 5.74) is 11.7. The Kier molecular flexibility index (Phi) is 4.71. The highest BCUT2D eigenvalue weighted by Gasteiger charge is 2.24. The third-order valence-electron chi connectivity index (χ3n) is 2.70. The number of carbonyl (C=O) groups is 1. The van der Waals surface area contributed by atoms with Crippen molar-refractivity contribution in [2.24, 2.45) is 5.73 Å². The number of hydrogen-bond donors (Lipinski definition) is 2. The molecule has 0 atom stereocenters. The minimum absolute atomic E-state index is 0.0746. The zero-order valence-corrected chi connectivity index (χ0v) is 13.0. The maximum absolute atomic E-state index is 11.6. The van der Waals surface area contributed by atoms with Crippen molar-refractivity contribution >= 4 is 29.4 Å². The summed E-state index contributed by atoms with van der Waals surface area (Å²) >= 11 is 1.74. The molecule has 2 aromatic rings. The van der Waals surface area contributed by atoms with E-state index in [0.717, 1.165) is 10.5 Å². The molecule has 114 valence electrons. The van der Waals surface area contributed by atoms with Crippen molar-refractivity contribution in [3.63, 3.8) is 0 Å². The van der Waals surface area contributed by atoms with Gasteiger partial charge >= 0.3 is 11.8 Å². The van der Waals surface area contributed by atoms with E-state index in [4.69, 9.17) is 11.5 Å². The fourth-order valence-corrected chi connectivity index (χ4v) is 2.60. The van der Waals surface area contributed by atoms with Crippen molar-refractivity contribution < 1.29 is 9.55 Å². The molecule has 0 bridgehead atoms. The van der Waals surface area contributed by atoms with Crippen LogP contribution in [0.1, 0.15) is 13.8 Å². The van der Waals surface area contributed by atoms with Crippen molar-refractivity contribution in [1.29, 1.82) is 0 Å². The summed E-state index contributed by atoms with van der Waals surface area (Å²) in [4.78, 5) is 31.6. The second kappa shape index (κ2) is 6.52. The number of urea groups is 1. The van der Waals surface area contributed by atoms with Crippen molar-refractivity contribution in [1.82, 2.24) is 9.97 Å². The quantitative estimate of drug-likeness (QED) is 0.661. The smallest absolute Gasteiger partial charge is 0.378 e. The number of hydrogen-bond acceptors (Lipinski definition) is 6. The molecule has 0 spiro atoms. The van der Waals surface area contributed by atoms with Gasteiger partial charge in [0.1, 0.15) is 0 Å². The lowest BCUT2D eigenvalue weighted by Gasteiger charge is -2.05. The second-order valence-electron chi connectivity index (χ2n) is 4.79. The Morgan fingerprint density at radius 3 is 2.45 bits per heavy atom. The Hall–Kier alpha value is -2.48. The van der Waals surface area contributed by atoms with E-state index in [-0.39, 0.29) is 16.4 Å². The zero-order valence-electron chi connectivity index (χ0n) is 12.2. The van der Waals surface area contributed by atoms with Gasteiger partial charge in [-0.15, -0.1) is 11.8 Å². The number of amides is 2. The Bertz CT molecular complexity index is 716. The van der Waals surface area contributed by atoms with Crippen LogP contribution in [0.3, 0.4) is 0 Å². The van der Waals surface area contributed by atoms with E-state index < -0.39 is 6.03 Å². The molecule has 2 amide bonds. The van der Waals surface area contributed by atoms with Gasteiger partial charge in [0, 0.05) is 20.5 Å². The lowest BCUT2D eigenvalue weighted by molar-refractivity contribution is -0.357. The number of aromatic nitrogens is 2. The van der Waals surface area contributed by atoms with Crippen LogP contribution in [-0.2, 0) is 0 Å². The molecule has 0 aliphatic rings. The van der Waals surface area contributed by atoms with E-state index in [1.807, 2.05) is 24.3 Å². The van der Waals surface area contributed by atoms with Gasteiger partial charge in [0.2, 0.25) is 5.82 Å². The molecule has 0 fully saturated rings. The predicted octanol–water partition coefficient (Wildman–Crippen LogP) is 2.72. The number of anilines is 1. The number of nitrogen functional groups attached to an aromatic ring is 1. The van der Waals surface area contributed by atoms with Crippen molar-refractivity contribution in [2.75, 3.05) is 5.73 Å². The molecule has 2 rings (SSSR count). The van der Waals surface area contributed by atoms with Gasteiger partial charge in [-0.2, -0.15) is 0 Å². The Balaban J connectivity index is 2.35. The first-order chi connectivity index (χ1) is 10.4. The molecule has 1 aromatic heterocycles. The molecule has 0 saturated carbocycles. The minimum atomic E-state index is -1.19. The number of thioether (sulfide) groups is 1. The van der Waals surface area contributed by atoms with E-state index in [1.54, 1.807) is 11.8 Å². The van der Waals surface area contributed by atoms with Gasteiger partial charge in [-0.05, 0) is 12.1 Å². The van der Waals surface area contributed by atoms with Crippen LogP contribution < -0.4 is 11.5 Å². The van der Waals surface area contributed by atoms with Crippen LogP contribution in [0.25, 0.3) is 11.3 Å². The molecule has 0 unspecified atom stereocenters. The van der Waals surface area contributed by atoms with Crippen LogP contribution in [-0.4, -0.2) is 26.0 Å². The SMILES string of the molecule is CC(C)Sc1ccc(-c2cnc(N)c([N+](=O)C(N)=O)n2)cc1. The third-order valence-corrected chi connectivity index (χ3v) is 3.71. The van der Waals surface area contributed by atoms with E-state index in [9.17, 15) is 9.70 Å². The molecule has 0 radical (unpaired) electrons. The van der Waals surface area contributed by atoms with Crippen LogP contribution >= 0.6 is 11.8 Å². The van der Waals surface area contributed by atoms with Gasteiger partial charge in [0.15, 0.2) is 5.69 Å². The van der Waals surface area contributed by atoms with E-state index >= 15 is 0 Å². The normalized spacial score (nSPS) is 10.7.